The summed E-state index contributed by atoms with van der Waals surface area (Å²) in [6.07, 6.45) is 5.19. The monoisotopic (exact) mass is 317 g/mol. The third-order valence-corrected chi connectivity index (χ3v) is 4.04. The SMILES string of the molecule is Oc1ccc(C2=Cc3ccc(O)cc3OC2c2ccncc2)cc1. The Labute approximate surface area is 139 Å². The molecule has 0 radical (unpaired) electrons. The number of hydrogen-bond acceptors (Lipinski definition) is 4. The van der Waals surface area contributed by atoms with Crippen LogP contribution in [0.2, 0.25) is 0 Å². The fourth-order valence-electron chi connectivity index (χ4n) is 2.85. The summed E-state index contributed by atoms with van der Waals surface area (Å²) >= 11 is 0. The molecule has 0 spiro atoms. The van der Waals surface area contributed by atoms with Crippen LogP contribution in [0, 0.1) is 0 Å². The smallest absolute Gasteiger partial charge is 0.150 e. The van der Waals surface area contributed by atoms with Crippen LogP contribution in [0.4, 0.5) is 0 Å². The van der Waals surface area contributed by atoms with Gasteiger partial charge in [-0.2, -0.15) is 0 Å². The molecule has 2 heterocycles. The number of aromatic nitrogens is 1. The van der Waals surface area contributed by atoms with Crippen molar-refractivity contribution >= 4 is 11.6 Å². The van der Waals surface area contributed by atoms with E-state index >= 15 is 0 Å². The predicted molar refractivity (Wildman–Crippen MR) is 91.7 cm³/mol. The molecule has 3 aromatic rings. The third kappa shape index (κ3) is 2.58. The van der Waals surface area contributed by atoms with Crippen LogP contribution >= 0.6 is 0 Å². The first-order valence-corrected chi connectivity index (χ1v) is 7.61. The fourth-order valence-corrected chi connectivity index (χ4v) is 2.85. The van der Waals surface area contributed by atoms with Gasteiger partial charge in [-0.25, -0.2) is 0 Å². The van der Waals surface area contributed by atoms with Gasteiger partial charge in [-0.1, -0.05) is 12.1 Å². The molecule has 24 heavy (non-hydrogen) atoms. The highest BCUT2D eigenvalue weighted by Gasteiger charge is 2.25. The summed E-state index contributed by atoms with van der Waals surface area (Å²) in [5.74, 6) is 1.03. The standard InChI is InChI=1S/C20H15NO3/c22-16-4-1-13(2-5-16)18-11-15-3-6-17(23)12-19(15)24-20(18)14-7-9-21-10-8-14/h1-12,20,22-23H. The van der Waals surface area contributed by atoms with Crippen LogP contribution in [0.25, 0.3) is 11.6 Å². The molecule has 1 aliphatic rings. The number of fused-ring (bicyclic) bond motifs is 1. The number of phenols is 2. The minimum atomic E-state index is -0.313. The molecule has 4 heteroatoms. The van der Waals surface area contributed by atoms with Crippen molar-refractivity contribution in [2.45, 2.75) is 6.10 Å². The molecule has 0 aliphatic carbocycles. The Morgan fingerprint density at radius 2 is 1.54 bits per heavy atom. The Hall–Kier alpha value is -3.27. The molecule has 2 aromatic carbocycles. The molecule has 2 N–H and O–H groups in total. The molecular formula is C20H15NO3. The van der Waals surface area contributed by atoms with E-state index in [0.29, 0.717) is 5.75 Å². The molecule has 0 saturated carbocycles. The zero-order valence-corrected chi connectivity index (χ0v) is 12.8. The topological polar surface area (TPSA) is 62.6 Å². The first-order chi connectivity index (χ1) is 11.7. The van der Waals surface area contributed by atoms with Crippen molar-refractivity contribution in [2.24, 2.45) is 0 Å². The van der Waals surface area contributed by atoms with Gasteiger partial charge in [0, 0.05) is 29.6 Å². The van der Waals surface area contributed by atoms with E-state index in [1.54, 1.807) is 36.7 Å². The van der Waals surface area contributed by atoms with Crippen molar-refractivity contribution in [3.63, 3.8) is 0 Å². The number of phenolic OH excluding ortho intramolecular Hbond substituents is 2. The molecular weight excluding hydrogens is 302 g/mol. The molecule has 1 aromatic heterocycles. The number of pyridine rings is 1. The van der Waals surface area contributed by atoms with Gasteiger partial charge in [0.25, 0.3) is 0 Å². The first kappa shape index (κ1) is 14.3. The van der Waals surface area contributed by atoms with Crippen molar-refractivity contribution in [2.75, 3.05) is 0 Å². The lowest BCUT2D eigenvalue weighted by Gasteiger charge is -2.28. The predicted octanol–water partition coefficient (Wildman–Crippen LogP) is 4.17. The molecule has 0 bridgehead atoms. The number of nitrogens with zero attached hydrogens (tertiary/aromatic N) is 1. The van der Waals surface area contributed by atoms with Crippen molar-refractivity contribution in [1.29, 1.82) is 0 Å². The Bertz CT molecular complexity index is 902. The van der Waals surface area contributed by atoms with E-state index in [0.717, 1.165) is 22.3 Å². The summed E-state index contributed by atoms with van der Waals surface area (Å²) in [7, 11) is 0. The van der Waals surface area contributed by atoms with Gasteiger partial charge in [0.2, 0.25) is 0 Å². The molecule has 0 saturated heterocycles. The first-order valence-electron chi connectivity index (χ1n) is 7.61. The average Bonchev–Trinajstić information content (AvgIpc) is 2.62. The van der Waals surface area contributed by atoms with Gasteiger partial charge >= 0.3 is 0 Å². The number of aromatic hydroxyl groups is 2. The van der Waals surface area contributed by atoms with E-state index in [1.807, 2.05) is 30.3 Å². The van der Waals surface area contributed by atoms with Crippen molar-refractivity contribution < 1.29 is 14.9 Å². The van der Waals surface area contributed by atoms with Crippen molar-refractivity contribution in [3.05, 3.63) is 83.7 Å². The summed E-state index contributed by atoms with van der Waals surface area (Å²) in [5.41, 5.74) is 3.83. The molecule has 0 fully saturated rings. The number of ether oxygens (including phenoxy) is 1. The van der Waals surface area contributed by atoms with E-state index in [4.69, 9.17) is 4.74 Å². The quantitative estimate of drug-likeness (QED) is 0.745. The Balaban J connectivity index is 1.87. The van der Waals surface area contributed by atoms with E-state index in [1.165, 1.54) is 0 Å². The lowest BCUT2D eigenvalue weighted by molar-refractivity contribution is 0.260. The normalized spacial score (nSPS) is 16.0. The molecule has 4 nitrogen and oxygen atoms in total. The van der Waals surface area contributed by atoms with Crippen LogP contribution < -0.4 is 4.74 Å². The highest BCUT2D eigenvalue weighted by molar-refractivity contribution is 5.88. The molecule has 4 rings (SSSR count). The maximum Gasteiger partial charge on any atom is 0.150 e. The van der Waals surface area contributed by atoms with E-state index in [-0.39, 0.29) is 17.6 Å². The number of benzene rings is 2. The number of rotatable bonds is 2. The summed E-state index contributed by atoms with van der Waals surface area (Å²) in [6, 6.07) is 16.0. The summed E-state index contributed by atoms with van der Waals surface area (Å²) in [6.45, 7) is 0. The molecule has 118 valence electrons. The third-order valence-electron chi connectivity index (χ3n) is 4.04. The van der Waals surface area contributed by atoms with Gasteiger partial charge in [0.15, 0.2) is 0 Å². The summed E-state index contributed by atoms with van der Waals surface area (Å²) < 4.78 is 6.18. The van der Waals surface area contributed by atoms with E-state index < -0.39 is 0 Å². The van der Waals surface area contributed by atoms with Crippen molar-refractivity contribution in [1.82, 2.24) is 4.98 Å². The lowest BCUT2D eigenvalue weighted by Crippen LogP contribution is -2.14. The number of hydrogen-bond donors (Lipinski definition) is 2. The van der Waals surface area contributed by atoms with Crippen LogP contribution in [0.15, 0.2) is 67.0 Å². The minimum Gasteiger partial charge on any atom is -0.508 e. The minimum absolute atomic E-state index is 0.170. The van der Waals surface area contributed by atoms with E-state index in [2.05, 4.69) is 11.1 Å². The van der Waals surface area contributed by atoms with Gasteiger partial charge in [-0.05, 0) is 53.6 Å². The average molecular weight is 317 g/mol. The molecule has 1 unspecified atom stereocenters. The second-order valence-corrected chi connectivity index (χ2v) is 5.65. The highest BCUT2D eigenvalue weighted by Crippen LogP contribution is 2.43. The van der Waals surface area contributed by atoms with E-state index in [9.17, 15) is 10.2 Å². The summed E-state index contributed by atoms with van der Waals surface area (Å²) in [5, 5.41) is 19.3. The maximum atomic E-state index is 9.72. The molecule has 1 atom stereocenters. The largest absolute Gasteiger partial charge is 0.508 e. The Kier molecular flexibility index (Phi) is 3.43. The van der Waals surface area contributed by atoms with Crippen molar-refractivity contribution in [3.8, 4) is 17.2 Å². The maximum absolute atomic E-state index is 9.72. The van der Waals surface area contributed by atoms with Crippen LogP contribution in [-0.4, -0.2) is 15.2 Å². The zero-order chi connectivity index (χ0) is 16.5. The second-order valence-electron chi connectivity index (χ2n) is 5.65. The Morgan fingerprint density at radius 3 is 2.29 bits per heavy atom. The summed E-state index contributed by atoms with van der Waals surface area (Å²) in [4.78, 5) is 4.06. The van der Waals surface area contributed by atoms with Crippen LogP contribution in [0.1, 0.15) is 22.8 Å². The Morgan fingerprint density at radius 1 is 0.833 bits per heavy atom. The van der Waals surface area contributed by atoms with Crippen LogP contribution in [0.5, 0.6) is 17.2 Å². The highest BCUT2D eigenvalue weighted by atomic mass is 16.5. The van der Waals surface area contributed by atoms with Crippen LogP contribution in [-0.2, 0) is 0 Å². The molecule has 1 aliphatic heterocycles. The van der Waals surface area contributed by atoms with Gasteiger partial charge in [0.1, 0.15) is 23.4 Å². The van der Waals surface area contributed by atoms with Gasteiger partial charge < -0.3 is 14.9 Å². The van der Waals surface area contributed by atoms with Gasteiger partial charge in [-0.15, -0.1) is 0 Å². The second kappa shape index (κ2) is 5.74. The lowest BCUT2D eigenvalue weighted by atomic mass is 9.91. The van der Waals surface area contributed by atoms with Gasteiger partial charge in [0.05, 0.1) is 0 Å². The fraction of sp³-hybridized carbons (Fsp3) is 0.0500. The molecule has 0 amide bonds. The zero-order valence-electron chi connectivity index (χ0n) is 12.8. The van der Waals surface area contributed by atoms with Gasteiger partial charge in [-0.3, -0.25) is 4.98 Å². The van der Waals surface area contributed by atoms with Crippen LogP contribution in [0.3, 0.4) is 0 Å².